The fourth-order valence-corrected chi connectivity index (χ4v) is 6.54. The average Bonchev–Trinajstić information content (AvgIpc) is 3.31. The molecule has 4 aromatic carbocycles. The third kappa shape index (κ3) is 9.00. The zero-order valence-corrected chi connectivity index (χ0v) is 28.9. The number of rotatable bonds is 12. The minimum absolute atomic E-state index is 0.0433. The van der Waals surface area contributed by atoms with Crippen LogP contribution in [-0.4, -0.2) is 59.7 Å². The molecule has 1 fully saturated rings. The number of hydrogen-bond donors (Lipinski definition) is 0. The van der Waals surface area contributed by atoms with Gasteiger partial charge < -0.3 is 19.1 Å². The summed E-state index contributed by atoms with van der Waals surface area (Å²) in [4.78, 5) is 32.0. The number of pyridine rings is 1. The number of piperidine rings is 1. The van der Waals surface area contributed by atoms with Crippen LogP contribution in [0.2, 0.25) is 0 Å². The van der Waals surface area contributed by atoms with Gasteiger partial charge in [0.25, 0.3) is 0 Å². The van der Waals surface area contributed by atoms with Crippen LogP contribution >= 0.6 is 11.8 Å². The molecule has 6 rings (SSSR count). The molecule has 5 aromatic rings. The van der Waals surface area contributed by atoms with Gasteiger partial charge in [-0.25, -0.2) is 8.78 Å². The predicted molar refractivity (Wildman–Crippen MR) is 198 cm³/mol. The first kappa shape index (κ1) is 22.0. The van der Waals surface area contributed by atoms with Crippen molar-refractivity contribution in [3.05, 3.63) is 135 Å². The molecular weight excluding hydrogens is 710 g/mol. The van der Waals surface area contributed by atoms with Crippen LogP contribution in [0.25, 0.3) is 22.0 Å². The third-order valence-electron chi connectivity index (χ3n) is 8.35. The summed E-state index contributed by atoms with van der Waals surface area (Å²) in [6.45, 7) is -2.66. The number of benzene rings is 4. The van der Waals surface area contributed by atoms with Gasteiger partial charge in [0, 0.05) is 62.1 Å². The van der Waals surface area contributed by atoms with Gasteiger partial charge in [0.1, 0.15) is 6.50 Å². The molecule has 0 N–H and O–H groups in total. The Hall–Kier alpha value is -4.52. The molecule has 0 saturated carbocycles. The Morgan fingerprint density at radius 1 is 0.981 bits per heavy atom. The molecule has 0 spiro atoms. The normalized spacial score (nSPS) is 19.0. The fraction of sp³-hybridized carbons (Fsp3) is 0.317. The number of amides is 1. The van der Waals surface area contributed by atoms with Crippen LogP contribution in [0, 0.1) is 18.6 Å². The Balaban J connectivity index is 1.60. The molecule has 1 amide bonds. The van der Waals surface area contributed by atoms with E-state index in [-0.39, 0.29) is 42.3 Å². The number of aromatic nitrogens is 1. The van der Waals surface area contributed by atoms with E-state index in [4.69, 9.17) is 25.3 Å². The highest BCUT2D eigenvalue weighted by Crippen LogP contribution is 2.34. The van der Waals surface area contributed by atoms with Crippen molar-refractivity contribution in [2.75, 3.05) is 33.4 Å². The molecule has 53 heavy (non-hydrogen) atoms. The largest absolute Gasteiger partial charge is 0.416 e. The summed E-state index contributed by atoms with van der Waals surface area (Å²) >= 11 is 0.156. The number of likely N-dealkylation sites (tertiary alicyclic amines) is 1. The van der Waals surface area contributed by atoms with Gasteiger partial charge >= 0.3 is 6.18 Å². The Kier molecular flexibility index (Phi) is 6.91. The van der Waals surface area contributed by atoms with E-state index in [1.807, 2.05) is 4.90 Å². The number of alkyl halides is 3. The molecule has 0 aliphatic carbocycles. The van der Waals surface area contributed by atoms with Crippen LogP contribution in [0.15, 0.2) is 100 Å². The predicted octanol–water partition coefficient (Wildman–Crippen LogP) is 8.71. The fourth-order valence-electron chi connectivity index (χ4n) is 5.63. The van der Waals surface area contributed by atoms with Gasteiger partial charge in [0.05, 0.1) is 46.0 Å². The molecule has 0 radical (unpaired) electrons. The number of halogens is 5. The summed E-state index contributed by atoms with van der Waals surface area (Å²) in [5, 5.41) is -1.88. The zero-order valence-electron chi connectivity index (χ0n) is 45.1. The van der Waals surface area contributed by atoms with Crippen molar-refractivity contribution in [3.63, 3.8) is 0 Å². The summed E-state index contributed by atoms with van der Waals surface area (Å²) in [5.41, 5.74) is -7.99. The molecular formula is C41H40F5N3O3S. The molecule has 0 unspecified atom stereocenters. The van der Waals surface area contributed by atoms with Gasteiger partial charge in [0.15, 0.2) is 17.1 Å². The summed E-state index contributed by atoms with van der Waals surface area (Å²) in [6, 6.07) is -17.3. The Labute approximate surface area is 333 Å². The van der Waals surface area contributed by atoms with Gasteiger partial charge in [-0.2, -0.15) is 13.2 Å². The lowest BCUT2D eigenvalue weighted by Crippen LogP contribution is -2.48. The quantitative estimate of drug-likeness (QED) is 0.0940. The van der Waals surface area contributed by atoms with E-state index < -0.39 is 194 Å². The molecule has 1 aliphatic heterocycles. The minimum atomic E-state index is -5.18. The number of fused-ring (bicyclic) bond motifs is 1. The van der Waals surface area contributed by atoms with Crippen molar-refractivity contribution < 1.29 is 54.8 Å². The van der Waals surface area contributed by atoms with Gasteiger partial charge in [-0.15, -0.1) is 11.8 Å². The van der Waals surface area contributed by atoms with Crippen molar-refractivity contribution >= 4 is 28.6 Å². The number of methoxy groups -OCH3 is 1. The first-order valence-corrected chi connectivity index (χ1v) is 17.0. The zero-order chi connectivity index (χ0) is 52.5. The summed E-state index contributed by atoms with van der Waals surface area (Å²) in [7, 11) is 1.47. The van der Waals surface area contributed by atoms with Crippen LogP contribution in [0.3, 0.4) is 0 Å². The standard InChI is InChI=1S/C41H40F5N3O3S/c1-27-22-30(14-15-34(27)41(44,45)46)29-12-10-28(11-13-29)24-48(32-16-18-47(19-17-32)20-21-52-2)38(51)25-49-36-9-4-3-7-33(36)37(50)23-39(49)53-26-31-6-5-8-35(42)40(31)43/h3-15,22-23,32H,16-21,24-26H2,1-2H3/i3D,4D,5D,6D,7D,8D,9D,10D,11D,12D,13D,14D,15D,22D,23D,25D2. The van der Waals surface area contributed by atoms with E-state index >= 15 is 9.18 Å². The van der Waals surface area contributed by atoms with Crippen molar-refractivity contribution in [2.24, 2.45) is 0 Å². The molecule has 6 nitrogen and oxygen atoms in total. The maximum absolute atomic E-state index is 15.3. The van der Waals surface area contributed by atoms with Crippen LogP contribution in [0.4, 0.5) is 22.0 Å². The minimum Gasteiger partial charge on any atom is -0.383 e. The lowest BCUT2D eigenvalue weighted by molar-refractivity contribution is -0.138. The van der Waals surface area contributed by atoms with Crippen LogP contribution in [0.5, 0.6) is 0 Å². The molecule has 278 valence electrons. The second kappa shape index (κ2) is 16.7. The highest BCUT2D eigenvalue weighted by atomic mass is 32.2. The van der Waals surface area contributed by atoms with E-state index in [1.54, 1.807) is 0 Å². The number of carbonyl (C=O) groups is 1. The number of thioether (sulfide) groups is 1. The third-order valence-corrected chi connectivity index (χ3v) is 9.35. The van der Waals surface area contributed by atoms with Gasteiger partial charge in [-0.1, -0.05) is 60.4 Å². The molecule has 0 bridgehead atoms. The first-order chi connectivity index (χ1) is 32.5. The second-order valence-electron chi connectivity index (χ2n) is 11.8. The average molecular weight is 767 g/mol. The maximum Gasteiger partial charge on any atom is 0.416 e. The van der Waals surface area contributed by atoms with Crippen LogP contribution in [-0.2, 0) is 34.5 Å². The lowest BCUT2D eigenvalue weighted by Gasteiger charge is -2.39. The highest BCUT2D eigenvalue weighted by Gasteiger charge is 2.32. The van der Waals surface area contributed by atoms with E-state index in [2.05, 4.69) is 0 Å². The van der Waals surface area contributed by atoms with Crippen LogP contribution in [0.1, 0.15) is 58.4 Å². The van der Waals surface area contributed by atoms with E-state index in [1.165, 1.54) is 7.11 Å². The molecule has 2 heterocycles. The maximum atomic E-state index is 15.3. The molecule has 0 atom stereocenters. The van der Waals surface area contributed by atoms with Crippen LogP contribution < -0.4 is 5.43 Å². The Morgan fingerprint density at radius 2 is 1.70 bits per heavy atom. The van der Waals surface area contributed by atoms with Gasteiger partial charge in [0.2, 0.25) is 5.91 Å². The second-order valence-corrected chi connectivity index (χ2v) is 12.8. The molecule has 1 aromatic heterocycles. The topological polar surface area (TPSA) is 54.8 Å². The molecule has 1 aliphatic rings. The molecule has 12 heteroatoms. The number of para-hydroxylation sites is 1. The van der Waals surface area contributed by atoms with Gasteiger partial charge in [-0.3, -0.25) is 9.59 Å². The van der Waals surface area contributed by atoms with Gasteiger partial charge in [-0.05, 0) is 66.2 Å². The van der Waals surface area contributed by atoms with Crippen molar-refractivity contribution in [1.82, 2.24) is 14.4 Å². The SMILES string of the molecule is [2H]c1c([2H])c(F)c(F)c(CSc2c([2H])c(=O)c3c([2H])c([2H])c([2H])c([2H])c3n2C([2H])([2H])C(=O)N(Cc2c([2H])c([2H])c(-c3c([2H])c([2H])c(C(F)(F)F)c(C)c3[2H])c([2H])c2[2H])C2CCN(CCOC)CC2)c1[2H]. The number of ether oxygens (including phenoxy) is 1. The van der Waals surface area contributed by atoms with Crippen molar-refractivity contribution in [1.29, 1.82) is 0 Å². The smallest absolute Gasteiger partial charge is 0.383 e. The summed E-state index contributed by atoms with van der Waals surface area (Å²) in [6.07, 6.45) is -5.10. The first-order valence-electron chi connectivity index (χ1n) is 24.5. The Bertz CT molecular complexity index is 2970. The van der Waals surface area contributed by atoms with E-state index in [9.17, 15) is 25.1 Å². The highest BCUT2D eigenvalue weighted by molar-refractivity contribution is 7.98. The molecule has 1 saturated heterocycles. The van der Waals surface area contributed by atoms with Crippen molar-refractivity contribution in [2.45, 2.75) is 55.8 Å². The van der Waals surface area contributed by atoms with E-state index in [0.717, 1.165) is 11.8 Å². The number of hydrogen-bond acceptors (Lipinski definition) is 5. The monoisotopic (exact) mass is 766 g/mol. The number of carbonyl (C=O) groups excluding carboxylic acids is 1. The van der Waals surface area contributed by atoms with Crippen molar-refractivity contribution in [3.8, 4) is 11.1 Å². The lowest BCUT2D eigenvalue weighted by atomic mass is 9.98. The Morgan fingerprint density at radius 3 is 2.42 bits per heavy atom. The summed E-state index contributed by atoms with van der Waals surface area (Å²) in [5.74, 6) is -6.20. The summed E-state index contributed by atoms with van der Waals surface area (Å²) < 4.78 is 224. The number of nitrogens with zero attached hydrogens (tertiary/aromatic N) is 3. The van der Waals surface area contributed by atoms with E-state index in [0.29, 0.717) is 13.2 Å².